The number of fused-ring (bicyclic) bond motifs is 9. The van der Waals surface area contributed by atoms with Crippen LogP contribution in [0.15, 0.2) is 83.9 Å². The number of nitrogens with one attached hydrogen (secondary N) is 1. The average molecular weight is 757 g/mol. The second-order valence-corrected chi connectivity index (χ2v) is 14.6. The summed E-state index contributed by atoms with van der Waals surface area (Å²) < 4.78 is 0. The van der Waals surface area contributed by atoms with Gasteiger partial charge in [0.15, 0.2) is 17.1 Å². The van der Waals surface area contributed by atoms with Crippen molar-refractivity contribution in [1.29, 1.82) is 36.8 Å². The molecule has 10 rings (SSSR count). The van der Waals surface area contributed by atoms with Crippen LogP contribution < -0.4 is 5.32 Å². The lowest BCUT2D eigenvalue weighted by atomic mass is 9.93. The van der Waals surface area contributed by atoms with E-state index in [0.29, 0.717) is 65.5 Å². The van der Waals surface area contributed by atoms with Crippen LogP contribution in [0.2, 0.25) is 0 Å². The summed E-state index contributed by atoms with van der Waals surface area (Å²) in [6, 6.07) is 37.0. The van der Waals surface area contributed by atoms with Gasteiger partial charge in [0.25, 0.3) is 0 Å². The first kappa shape index (κ1) is 33.7. The minimum absolute atomic E-state index is 0.00432. The normalized spacial score (nSPS) is 13.7. The third-order valence-corrected chi connectivity index (χ3v) is 11.7. The second-order valence-electron chi connectivity index (χ2n) is 13.6. The van der Waals surface area contributed by atoms with Gasteiger partial charge in [-0.2, -0.15) is 36.8 Å². The van der Waals surface area contributed by atoms with Gasteiger partial charge in [0.1, 0.15) is 53.6 Å². The molecule has 13 heteroatoms. The van der Waals surface area contributed by atoms with E-state index in [1.54, 1.807) is 12.1 Å². The highest BCUT2D eigenvalue weighted by molar-refractivity contribution is 7.16. The molecule has 4 aromatic carbocycles. The maximum atomic E-state index is 10.2. The molecule has 12 nitrogen and oxygen atoms in total. The monoisotopic (exact) mass is 756 g/mol. The van der Waals surface area contributed by atoms with Crippen molar-refractivity contribution in [2.24, 2.45) is 0 Å². The molecule has 1 fully saturated rings. The molecule has 3 aromatic heterocycles. The summed E-state index contributed by atoms with van der Waals surface area (Å²) in [4.78, 5) is 19.4. The van der Waals surface area contributed by atoms with E-state index in [-0.39, 0.29) is 28.6 Å². The maximum Gasteiger partial charge on any atom is 0.177 e. The lowest BCUT2D eigenvalue weighted by Gasteiger charge is -2.10. The van der Waals surface area contributed by atoms with E-state index in [1.165, 1.54) is 11.3 Å². The van der Waals surface area contributed by atoms with E-state index in [9.17, 15) is 36.8 Å². The maximum absolute atomic E-state index is 10.2. The molecule has 1 unspecified atom stereocenters. The lowest BCUT2D eigenvalue weighted by molar-refractivity contribution is 0.977. The van der Waals surface area contributed by atoms with Crippen LogP contribution in [-0.4, -0.2) is 26.5 Å². The van der Waals surface area contributed by atoms with Crippen LogP contribution >= 0.6 is 11.3 Å². The van der Waals surface area contributed by atoms with Gasteiger partial charge in [-0.05, 0) is 80.9 Å². The van der Waals surface area contributed by atoms with E-state index in [1.807, 2.05) is 72.8 Å². The molecule has 3 aliphatic rings. The number of allylic oxidation sites excluding steroid dienone is 2. The van der Waals surface area contributed by atoms with Crippen LogP contribution in [0, 0.1) is 79.3 Å². The predicted octanol–water partition coefficient (Wildman–Crippen LogP) is 7.89. The molecule has 0 saturated carbocycles. The first-order chi connectivity index (χ1) is 28.4. The van der Waals surface area contributed by atoms with Crippen LogP contribution in [0.4, 0.5) is 0 Å². The van der Waals surface area contributed by atoms with Gasteiger partial charge >= 0.3 is 0 Å². The fraction of sp³-hybridized carbons (Fsp3) is 0.0444. The Morgan fingerprint density at radius 1 is 0.500 bits per heavy atom. The fourth-order valence-corrected chi connectivity index (χ4v) is 9.28. The smallest absolute Gasteiger partial charge is 0.177 e. The molecule has 4 heterocycles. The van der Waals surface area contributed by atoms with Crippen molar-refractivity contribution in [3.05, 3.63) is 128 Å². The van der Waals surface area contributed by atoms with Crippen LogP contribution in [0.1, 0.15) is 49.7 Å². The van der Waals surface area contributed by atoms with E-state index in [2.05, 4.69) is 50.6 Å². The number of rotatable bonds is 3. The van der Waals surface area contributed by atoms with Crippen molar-refractivity contribution in [3.8, 4) is 87.0 Å². The van der Waals surface area contributed by atoms with Crippen molar-refractivity contribution >= 4 is 44.5 Å². The molecule has 0 amide bonds. The lowest BCUT2D eigenvalue weighted by Crippen LogP contribution is -2.00. The molecule has 0 spiro atoms. The molecular weight excluding hydrogens is 741 g/mol. The predicted molar refractivity (Wildman–Crippen MR) is 212 cm³/mol. The molecule has 2 aliphatic carbocycles. The summed E-state index contributed by atoms with van der Waals surface area (Å²) in [5, 5.41) is 72.7. The molecule has 0 radical (unpaired) electrons. The summed E-state index contributed by atoms with van der Waals surface area (Å²) in [5.41, 5.74) is 11.5. The van der Waals surface area contributed by atoms with Gasteiger partial charge in [-0.25, -0.2) is 19.9 Å². The number of hydrogen-bond acceptors (Lipinski definition) is 13. The number of nitrogens with zero attached hydrogens (tertiary/aromatic N) is 11. The highest BCUT2D eigenvalue weighted by atomic mass is 32.1. The molecule has 1 N–H and O–H groups in total. The Bertz CT molecular complexity index is 3470. The minimum Gasteiger partial charge on any atom is -0.306 e. The third kappa shape index (κ3) is 4.83. The van der Waals surface area contributed by atoms with E-state index >= 15 is 0 Å². The van der Waals surface area contributed by atoms with Gasteiger partial charge in [0.2, 0.25) is 0 Å². The zero-order chi connectivity index (χ0) is 39.8. The molecule has 1 atom stereocenters. The van der Waals surface area contributed by atoms with Gasteiger partial charge in [-0.15, -0.1) is 11.3 Å². The Hall–Kier alpha value is -8.87. The highest BCUT2D eigenvalue weighted by Crippen LogP contribution is 2.61. The third-order valence-electron chi connectivity index (χ3n) is 10.5. The summed E-state index contributed by atoms with van der Waals surface area (Å²) in [7, 11) is 0. The van der Waals surface area contributed by atoms with E-state index in [0.717, 1.165) is 51.1 Å². The Balaban J connectivity index is 1.14. The summed E-state index contributed by atoms with van der Waals surface area (Å²) in [5.74, 6) is 0. The molecule has 0 bridgehead atoms. The number of nitriles is 7. The van der Waals surface area contributed by atoms with Crippen molar-refractivity contribution in [2.75, 3.05) is 6.54 Å². The molecule has 1 saturated heterocycles. The zero-order valence-electron chi connectivity index (χ0n) is 29.5. The highest BCUT2D eigenvalue weighted by Gasteiger charge is 2.39. The van der Waals surface area contributed by atoms with Gasteiger partial charge < -0.3 is 5.32 Å². The summed E-state index contributed by atoms with van der Waals surface area (Å²) >= 11 is 1.34. The van der Waals surface area contributed by atoms with Crippen molar-refractivity contribution < 1.29 is 0 Å². The molecule has 1 aliphatic heterocycles. The van der Waals surface area contributed by atoms with Gasteiger partial charge in [0, 0.05) is 38.6 Å². The van der Waals surface area contributed by atoms with Crippen LogP contribution in [0.3, 0.4) is 0 Å². The molecule has 262 valence electrons. The average Bonchev–Trinajstić information content (AvgIpc) is 3.90. The van der Waals surface area contributed by atoms with Crippen molar-refractivity contribution in [3.63, 3.8) is 0 Å². The van der Waals surface area contributed by atoms with Gasteiger partial charge in [-0.3, -0.25) is 0 Å². The molecular formula is C45H16N12S. The van der Waals surface area contributed by atoms with Gasteiger partial charge in [-0.1, -0.05) is 36.4 Å². The van der Waals surface area contributed by atoms with Crippen molar-refractivity contribution in [2.45, 2.75) is 6.04 Å². The second kappa shape index (κ2) is 12.6. The summed E-state index contributed by atoms with van der Waals surface area (Å²) in [6.45, 7) is 0.732. The van der Waals surface area contributed by atoms with Crippen LogP contribution in [0.25, 0.3) is 77.7 Å². The Labute approximate surface area is 332 Å². The number of thiophene rings is 1. The van der Waals surface area contributed by atoms with Crippen LogP contribution in [0.5, 0.6) is 0 Å². The quantitative estimate of drug-likeness (QED) is 0.134. The fourth-order valence-electron chi connectivity index (χ4n) is 7.82. The summed E-state index contributed by atoms with van der Waals surface area (Å²) in [6.07, 6.45) is 0. The van der Waals surface area contributed by atoms with Gasteiger partial charge in [0.05, 0.1) is 33.8 Å². The number of hydrogen-bond donors (Lipinski definition) is 1. The Kier molecular flexibility index (Phi) is 7.31. The first-order valence-corrected chi connectivity index (χ1v) is 18.4. The standard InChI is InChI=1S/C45H16N12S/c46-13-25(14-47)39-29-9-21(23-3-7-31-33(11-23)56-36(18-51)35(17-50)54-31)1-5-27(29)41-42-28-6-2-22(10-30(28)40(26(15-48)16-49)45(42)58-44(39)41)24-4-8-32-34(12-24)57-43(38-20-53-38)37(19-52)55-32/h1-12,38,53H,20H2. The molecule has 58 heavy (non-hydrogen) atoms. The topological polar surface area (TPSA) is 240 Å². The SMILES string of the molecule is N#CC(C#N)=C1c2cc(-c3ccc4nc(C#N)c(C#N)nc4c3)ccc2-c2c1sc1c2-c2ccc(-c3ccc4nc(C#N)c(C5CN5)nc4c3)cc2C1=C(C#N)C#N. The zero-order valence-corrected chi connectivity index (χ0v) is 30.4. The minimum atomic E-state index is -0.0760. The van der Waals surface area contributed by atoms with E-state index < -0.39 is 0 Å². The number of aromatic nitrogens is 4. The Morgan fingerprint density at radius 2 is 0.914 bits per heavy atom. The number of benzene rings is 4. The van der Waals surface area contributed by atoms with Crippen LogP contribution in [-0.2, 0) is 0 Å². The Morgan fingerprint density at radius 3 is 1.36 bits per heavy atom. The van der Waals surface area contributed by atoms with E-state index in [4.69, 9.17) is 4.98 Å². The van der Waals surface area contributed by atoms with Crippen molar-refractivity contribution in [1.82, 2.24) is 25.3 Å². The first-order valence-electron chi connectivity index (χ1n) is 17.6. The molecule has 7 aromatic rings. The largest absolute Gasteiger partial charge is 0.306 e.